The summed E-state index contributed by atoms with van der Waals surface area (Å²) in [6, 6.07) is 0. The van der Waals surface area contributed by atoms with E-state index in [9.17, 15) is 0 Å². The van der Waals surface area contributed by atoms with Crippen molar-refractivity contribution in [3.63, 3.8) is 0 Å². The molecular formula is C26H48. The van der Waals surface area contributed by atoms with E-state index in [1.165, 1.54) is 89.9 Å². The first kappa shape index (κ1) is 22.0. The van der Waals surface area contributed by atoms with Crippen LogP contribution in [0.4, 0.5) is 0 Å². The molecule has 0 heteroatoms. The standard InChI is InChI=1S/C26H48/c1-3-5-7-13-23-19-21-24(22-20-23)14-9-10-16-26-18-12-11-17-25(26)15-8-6-4-2/h8,15,23-26H,3-7,9-14,16-22H2,1-2H3/b15-8+. The van der Waals surface area contributed by atoms with Gasteiger partial charge in [-0.15, -0.1) is 0 Å². The maximum absolute atomic E-state index is 2.59. The molecule has 2 aliphatic carbocycles. The first-order valence-electron chi connectivity index (χ1n) is 12.5. The zero-order valence-electron chi connectivity index (χ0n) is 18.2. The number of hydrogen-bond acceptors (Lipinski definition) is 0. The van der Waals surface area contributed by atoms with Gasteiger partial charge in [0, 0.05) is 0 Å². The number of rotatable bonds is 12. The van der Waals surface area contributed by atoms with Crippen LogP contribution in [0.5, 0.6) is 0 Å². The lowest BCUT2D eigenvalue weighted by Gasteiger charge is -2.30. The van der Waals surface area contributed by atoms with Gasteiger partial charge >= 0.3 is 0 Å². The minimum atomic E-state index is 0.911. The Bertz CT molecular complexity index is 347. The Morgan fingerprint density at radius 1 is 0.654 bits per heavy atom. The summed E-state index contributed by atoms with van der Waals surface area (Å²) in [5, 5.41) is 0. The molecule has 2 atom stereocenters. The van der Waals surface area contributed by atoms with E-state index in [1.807, 2.05) is 0 Å². The largest absolute Gasteiger partial charge is 0.0883 e. The highest BCUT2D eigenvalue weighted by Crippen LogP contribution is 2.37. The van der Waals surface area contributed by atoms with E-state index < -0.39 is 0 Å². The van der Waals surface area contributed by atoms with Crippen LogP contribution in [0.15, 0.2) is 12.2 Å². The third-order valence-electron chi connectivity index (χ3n) is 7.43. The van der Waals surface area contributed by atoms with Crippen molar-refractivity contribution in [2.75, 3.05) is 0 Å². The van der Waals surface area contributed by atoms with Crippen molar-refractivity contribution in [1.29, 1.82) is 0 Å². The number of hydrogen-bond donors (Lipinski definition) is 0. The fourth-order valence-electron chi connectivity index (χ4n) is 5.62. The quantitative estimate of drug-likeness (QED) is 0.240. The molecule has 152 valence electrons. The van der Waals surface area contributed by atoms with Crippen LogP contribution >= 0.6 is 0 Å². The zero-order valence-corrected chi connectivity index (χ0v) is 18.2. The van der Waals surface area contributed by atoms with E-state index in [4.69, 9.17) is 0 Å². The molecule has 0 spiro atoms. The Labute approximate surface area is 165 Å². The fraction of sp³-hybridized carbons (Fsp3) is 0.923. The lowest BCUT2D eigenvalue weighted by molar-refractivity contribution is 0.234. The first-order chi connectivity index (χ1) is 12.8. The summed E-state index contributed by atoms with van der Waals surface area (Å²) in [7, 11) is 0. The molecule has 0 nitrogen and oxygen atoms in total. The van der Waals surface area contributed by atoms with Crippen molar-refractivity contribution >= 4 is 0 Å². The lowest BCUT2D eigenvalue weighted by Crippen LogP contribution is -2.18. The third kappa shape index (κ3) is 8.62. The topological polar surface area (TPSA) is 0 Å². The van der Waals surface area contributed by atoms with Crippen LogP contribution in [-0.2, 0) is 0 Å². The molecule has 0 aromatic carbocycles. The predicted octanol–water partition coefficient (Wildman–Crippen LogP) is 9.10. The van der Waals surface area contributed by atoms with Gasteiger partial charge < -0.3 is 0 Å². The maximum atomic E-state index is 2.59. The molecule has 0 heterocycles. The molecule has 0 saturated heterocycles. The lowest BCUT2D eigenvalue weighted by atomic mass is 9.75. The SMILES string of the molecule is CCC/C=C/C1CCCCC1CCCCC1CCC(CCCCC)CC1. The van der Waals surface area contributed by atoms with Crippen LogP contribution in [0.2, 0.25) is 0 Å². The summed E-state index contributed by atoms with van der Waals surface area (Å²) >= 11 is 0. The highest BCUT2D eigenvalue weighted by Gasteiger charge is 2.23. The first-order valence-corrected chi connectivity index (χ1v) is 12.5. The summed E-state index contributed by atoms with van der Waals surface area (Å²) in [4.78, 5) is 0. The molecule has 0 amide bonds. The van der Waals surface area contributed by atoms with Crippen LogP contribution in [0.1, 0.15) is 129 Å². The molecule has 0 bridgehead atoms. The molecule has 26 heavy (non-hydrogen) atoms. The van der Waals surface area contributed by atoms with Gasteiger partial charge in [-0.25, -0.2) is 0 Å². The highest BCUT2D eigenvalue weighted by molar-refractivity contribution is 4.93. The monoisotopic (exact) mass is 360 g/mol. The summed E-state index contributed by atoms with van der Waals surface area (Å²) in [6.07, 6.45) is 31.6. The summed E-state index contributed by atoms with van der Waals surface area (Å²) in [6.45, 7) is 4.62. The minimum absolute atomic E-state index is 0.911. The second kappa shape index (κ2) is 13.8. The summed E-state index contributed by atoms with van der Waals surface area (Å²) < 4.78 is 0. The molecule has 2 aliphatic rings. The molecule has 0 N–H and O–H groups in total. The normalized spacial score (nSPS) is 30.1. The fourth-order valence-corrected chi connectivity index (χ4v) is 5.62. The third-order valence-corrected chi connectivity index (χ3v) is 7.43. The van der Waals surface area contributed by atoms with Gasteiger partial charge in [0.05, 0.1) is 0 Å². The van der Waals surface area contributed by atoms with E-state index in [-0.39, 0.29) is 0 Å². The van der Waals surface area contributed by atoms with Crippen molar-refractivity contribution in [2.24, 2.45) is 23.7 Å². The van der Waals surface area contributed by atoms with Gasteiger partial charge in [0.1, 0.15) is 0 Å². The molecule has 0 aliphatic heterocycles. The van der Waals surface area contributed by atoms with E-state index >= 15 is 0 Å². The van der Waals surface area contributed by atoms with E-state index in [2.05, 4.69) is 26.0 Å². The second-order valence-electron chi connectivity index (χ2n) is 9.59. The zero-order chi connectivity index (χ0) is 18.5. The van der Waals surface area contributed by atoms with Crippen molar-refractivity contribution in [3.05, 3.63) is 12.2 Å². The number of allylic oxidation sites excluding steroid dienone is 2. The van der Waals surface area contributed by atoms with Gasteiger partial charge in [0.25, 0.3) is 0 Å². The maximum Gasteiger partial charge on any atom is -0.0205 e. The van der Waals surface area contributed by atoms with E-state index in [0.717, 1.165) is 23.7 Å². The average molecular weight is 361 g/mol. The van der Waals surface area contributed by atoms with Crippen molar-refractivity contribution in [3.8, 4) is 0 Å². The van der Waals surface area contributed by atoms with Gasteiger partial charge in [-0.1, -0.05) is 116 Å². The number of unbranched alkanes of at least 4 members (excludes halogenated alkanes) is 4. The van der Waals surface area contributed by atoms with Gasteiger partial charge in [-0.05, 0) is 49.4 Å². The van der Waals surface area contributed by atoms with Gasteiger partial charge in [-0.2, -0.15) is 0 Å². The van der Waals surface area contributed by atoms with Crippen molar-refractivity contribution in [2.45, 2.75) is 129 Å². The van der Waals surface area contributed by atoms with E-state index in [1.54, 1.807) is 25.7 Å². The summed E-state index contributed by atoms with van der Waals surface area (Å²) in [5.41, 5.74) is 0. The van der Waals surface area contributed by atoms with Gasteiger partial charge in [0.15, 0.2) is 0 Å². The molecule has 0 aromatic rings. The van der Waals surface area contributed by atoms with Crippen LogP contribution in [0, 0.1) is 23.7 Å². The van der Waals surface area contributed by atoms with Gasteiger partial charge in [-0.3, -0.25) is 0 Å². The second-order valence-corrected chi connectivity index (χ2v) is 9.59. The smallest absolute Gasteiger partial charge is 0.0205 e. The van der Waals surface area contributed by atoms with Crippen LogP contribution < -0.4 is 0 Å². The van der Waals surface area contributed by atoms with Crippen molar-refractivity contribution < 1.29 is 0 Å². The molecule has 0 aromatic heterocycles. The summed E-state index contributed by atoms with van der Waals surface area (Å²) in [5.74, 6) is 4.07. The molecule has 0 radical (unpaired) electrons. The highest BCUT2D eigenvalue weighted by atomic mass is 14.3. The predicted molar refractivity (Wildman–Crippen MR) is 118 cm³/mol. The van der Waals surface area contributed by atoms with Crippen molar-refractivity contribution in [1.82, 2.24) is 0 Å². The molecular weight excluding hydrogens is 312 g/mol. The van der Waals surface area contributed by atoms with Crippen LogP contribution in [0.3, 0.4) is 0 Å². The van der Waals surface area contributed by atoms with Gasteiger partial charge in [0.2, 0.25) is 0 Å². The Balaban J connectivity index is 1.55. The Kier molecular flexibility index (Phi) is 11.7. The molecule has 2 fully saturated rings. The Morgan fingerprint density at radius 2 is 1.27 bits per heavy atom. The van der Waals surface area contributed by atoms with E-state index in [0.29, 0.717) is 0 Å². The minimum Gasteiger partial charge on any atom is -0.0883 e. The molecule has 2 rings (SSSR count). The van der Waals surface area contributed by atoms with Crippen LogP contribution in [-0.4, -0.2) is 0 Å². The molecule has 2 saturated carbocycles. The Morgan fingerprint density at radius 3 is 1.92 bits per heavy atom. The van der Waals surface area contributed by atoms with Crippen LogP contribution in [0.25, 0.3) is 0 Å². The Hall–Kier alpha value is -0.260. The average Bonchev–Trinajstić information content (AvgIpc) is 2.68. The molecule has 2 unspecified atom stereocenters.